The maximum absolute atomic E-state index is 12.1. The molecule has 0 radical (unpaired) electrons. The average Bonchev–Trinajstić information content (AvgIpc) is 2.44. The Morgan fingerprint density at radius 1 is 1.19 bits per heavy atom. The van der Waals surface area contributed by atoms with Gasteiger partial charge >= 0.3 is 0 Å². The summed E-state index contributed by atoms with van der Waals surface area (Å²) in [6.45, 7) is 0.437. The van der Waals surface area contributed by atoms with Crippen LogP contribution >= 0.6 is 23.2 Å². The third kappa shape index (κ3) is 4.03. The second-order valence-corrected chi connectivity index (χ2v) is 5.32. The van der Waals surface area contributed by atoms with Crippen LogP contribution in [-0.2, 0) is 6.42 Å². The van der Waals surface area contributed by atoms with Crippen LogP contribution in [0, 0.1) is 0 Å². The molecular formula is C15H14Cl2N2O2. The van der Waals surface area contributed by atoms with Crippen LogP contribution in [0.25, 0.3) is 0 Å². The lowest BCUT2D eigenvalue weighted by Crippen LogP contribution is -2.26. The molecule has 2 aromatic carbocycles. The molecule has 0 atom stereocenters. The predicted molar refractivity (Wildman–Crippen MR) is 85.0 cm³/mol. The zero-order valence-electron chi connectivity index (χ0n) is 11.1. The van der Waals surface area contributed by atoms with E-state index in [0.29, 0.717) is 18.7 Å². The van der Waals surface area contributed by atoms with Gasteiger partial charge in [0, 0.05) is 12.2 Å². The second-order valence-electron chi connectivity index (χ2n) is 4.54. The van der Waals surface area contributed by atoms with Crippen molar-refractivity contribution in [2.75, 3.05) is 12.3 Å². The minimum absolute atomic E-state index is 0.188. The van der Waals surface area contributed by atoms with Gasteiger partial charge in [-0.1, -0.05) is 35.3 Å². The van der Waals surface area contributed by atoms with Crippen LogP contribution < -0.4 is 11.1 Å². The lowest BCUT2D eigenvalue weighted by Gasteiger charge is -2.09. The van der Waals surface area contributed by atoms with E-state index in [1.807, 2.05) is 0 Å². The zero-order valence-corrected chi connectivity index (χ0v) is 12.6. The van der Waals surface area contributed by atoms with Crippen LogP contribution in [0.15, 0.2) is 36.4 Å². The number of benzene rings is 2. The highest BCUT2D eigenvalue weighted by Gasteiger charge is 2.13. The summed E-state index contributed by atoms with van der Waals surface area (Å²) in [6.07, 6.45) is 0.639. The molecule has 6 heteroatoms. The maximum Gasteiger partial charge on any atom is 0.252 e. The molecule has 1 amide bonds. The van der Waals surface area contributed by atoms with Gasteiger partial charge < -0.3 is 16.2 Å². The molecule has 4 N–H and O–H groups in total. The highest BCUT2D eigenvalue weighted by atomic mass is 35.5. The van der Waals surface area contributed by atoms with Gasteiger partial charge in [-0.2, -0.15) is 0 Å². The van der Waals surface area contributed by atoms with Crippen LogP contribution in [0.1, 0.15) is 15.9 Å². The Balaban J connectivity index is 1.97. The van der Waals surface area contributed by atoms with E-state index in [9.17, 15) is 9.90 Å². The normalized spacial score (nSPS) is 10.4. The minimum Gasteiger partial charge on any atom is -0.508 e. The van der Waals surface area contributed by atoms with E-state index in [2.05, 4.69) is 5.32 Å². The molecule has 0 saturated heterocycles. The van der Waals surface area contributed by atoms with Crippen molar-refractivity contribution in [3.8, 4) is 5.75 Å². The second kappa shape index (κ2) is 6.70. The molecule has 0 aromatic heterocycles. The van der Waals surface area contributed by atoms with E-state index in [0.717, 1.165) is 5.56 Å². The number of anilines is 1. The minimum atomic E-state index is -0.326. The number of amides is 1. The predicted octanol–water partition coefficient (Wildman–Crippen LogP) is 3.25. The number of hydrogen-bond donors (Lipinski definition) is 3. The first kappa shape index (κ1) is 15.5. The van der Waals surface area contributed by atoms with Gasteiger partial charge in [0.2, 0.25) is 0 Å². The molecular weight excluding hydrogens is 311 g/mol. The molecule has 0 saturated carbocycles. The van der Waals surface area contributed by atoms with E-state index in [1.165, 1.54) is 12.1 Å². The first-order chi connectivity index (χ1) is 9.97. The fourth-order valence-corrected chi connectivity index (χ4v) is 2.28. The smallest absolute Gasteiger partial charge is 0.252 e. The molecule has 21 heavy (non-hydrogen) atoms. The van der Waals surface area contributed by atoms with Crippen molar-refractivity contribution in [3.05, 3.63) is 57.6 Å². The third-order valence-corrected chi connectivity index (χ3v) is 3.73. The quantitative estimate of drug-likeness (QED) is 0.755. The van der Waals surface area contributed by atoms with Crippen LogP contribution in [0.3, 0.4) is 0 Å². The lowest BCUT2D eigenvalue weighted by atomic mass is 10.1. The van der Waals surface area contributed by atoms with Crippen molar-refractivity contribution in [2.24, 2.45) is 0 Å². The molecule has 0 bridgehead atoms. The molecule has 110 valence electrons. The summed E-state index contributed by atoms with van der Waals surface area (Å²) in [7, 11) is 0. The van der Waals surface area contributed by atoms with Crippen LogP contribution in [0.5, 0.6) is 5.75 Å². The number of nitrogen functional groups attached to an aromatic ring is 1. The Hall–Kier alpha value is -1.91. The van der Waals surface area contributed by atoms with E-state index in [4.69, 9.17) is 28.9 Å². The Bertz CT molecular complexity index is 657. The molecule has 0 spiro atoms. The Morgan fingerprint density at radius 2 is 1.86 bits per heavy atom. The number of aromatic hydroxyl groups is 1. The standard InChI is InChI=1S/C15H14Cl2N2O2/c16-13-8-10(18)7-12(14(13)17)15(21)19-6-5-9-1-3-11(20)4-2-9/h1-4,7-8,20H,5-6,18H2,(H,19,21). The van der Waals surface area contributed by atoms with Crippen LogP contribution in [0.2, 0.25) is 10.0 Å². The van der Waals surface area contributed by atoms with Gasteiger partial charge in [0.05, 0.1) is 15.6 Å². The number of phenols is 1. The number of nitrogens with one attached hydrogen (secondary N) is 1. The van der Waals surface area contributed by atoms with E-state index in [-0.39, 0.29) is 27.3 Å². The first-order valence-electron chi connectivity index (χ1n) is 6.28. The summed E-state index contributed by atoms with van der Waals surface area (Å²) in [5.74, 6) is -0.114. The zero-order chi connectivity index (χ0) is 15.4. The topological polar surface area (TPSA) is 75.4 Å². The summed E-state index contributed by atoms with van der Waals surface area (Å²) in [4.78, 5) is 12.1. The highest BCUT2D eigenvalue weighted by molar-refractivity contribution is 6.44. The van der Waals surface area contributed by atoms with Crippen molar-refractivity contribution < 1.29 is 9.90 Å². The van der Waals surface area contributed by atoms with E-state index < -0.39 is 0 Å². The van der Waals surface area contributed by atoms with Crippen molar-refractivity contribution in [1.82, 2.24) is 5.32 Å². The molecule has 4 nitrogen and oxygen atoms in total. The Labute approximate surface area is 132 Å². The summed E-state index contributed by atoms with van der Waals surface area (Å²) in [5, 5.41) is 12.4. The first-order valence-corrected chi connectivity index (χ1v) is 7.03. The molecule has 0 unspecified atom stereocenters. The number of carbonyl (C=O) groups is 1. The molecule has 0 aliphatic heterocycles. The van der Waals surface area contributed by atoms with Gasteiger partial charge in [0.1, 0.15) is 5.75 Å². The van der Waals surface area contributed by atoms with Gasteiger partial charge in [0.25, 0.3) is 5.91 Å². The van der Waals surface area contributed by atoms with Crippen molar-refractivity contribution >= 4 is 34.8 Å². The van der Waals surface area contributed by atoms with Gasteiger partial charge in [-0.15, -0.1) is 0 Å². The van der Waals surface area contributed by atoms with Gasteiger partial charge in [-0.25, -0.2) is 0 Å². The van der Waals surface area contributed by atoms with Gasteiger partial charge in [-0.05, 0) is 36.2 Å². The summed E-state index contributed by atoms with van der Waals surface area (Å²) in [6, 6.07) is 9.79. The summed E-state index contributed by atoms with van der Waals surface area (Å²) in [5.41, 5.74) is 7.30. The molecule has 2 aromatic rings. The highest BCUT2D eigenvalue weighted by Crippen LogP contribution is 2.28. The SMILES string of the molecule is Nc1cc(Cl)c(Cl)c(C(=O)NCCc2ccc(O)cc2)c1. The summed E-state index contributed by atoms with van der Waals surface area (Å²) < 4.78 is 0. The monoisotopic (exact) mass is 324 g/mol. The molecule has 2 rings (SSSR count). The lowest BCUT2D eigenvalue weighted by molar-refractivity contribution is 0.0954. The Morgan fingerprint density at radius 3 is 2.52 bits per heavy atom. The van der Waals surface area contributed by atoms with Gasteiger partial charge in [-0.3, -0.25) is 4.79 Å². The fourth-order valence-electron chi connectivity index (χ4n) is 1.85. The number of phenolic OH excluding ortho intramolecular Hbond substituents is 1. The summed E-state index contributed by atoms with van der Waals surface area (Å²) >= 11 is 11.9. The van der Waals surface area contributed by atoms with E-state index in [1.54, 1.807) is 24.3 Å². The third-order valence-electron chi connectivity index (χ3n) is 2.93. The van der Waals surface area contributed by atoms with Crippen molar-refractivity contribution in [3.63, 3.8) is 0 Å². The largest absolute Gasteiger partial charge is 0.508 e. The van der Waals surface area contributed by atoms with Gasteiger partial charge in [0.15, 0.2) is 0 Å². The molecule has 0 heterocycles. The maximum atomic E-state index is 12.1. The van der Waals surface area contributed by atoms with Crippen molar-refractivity contribution in [2.45, 2.75) is 6.42 Å². The van der Waals surface area contributed by atoms with E-state index >= 15 is 0 Å². The number of halogens is 2. The average molecular weight is 325 g/mol. The van der Waals surface area contributed by atoms with Crippen LogP contribution in [0.4, 0.5) is 5.69 Å². The molecule has 0 fully saturated rings. The Kier molecular flexibility index (Phi) is 4.94. The van der Waals surface area contributed by atoms with Crippen molar-refractivity contribution in [1.29, 1.82) is 0 Å². The molecule has 0 aliphatic carbocycles. The van der Waals surface area contributed by atoms with Crippen LogP contribution in [-0.4, -0.2) is 17.6 Å². The number of hydrogen-bond acceptors (Lipinski definition) is 3. The number of rotatable bonds is 4. The molecule has 0 aliphatic rings. The number of carbonyl (C=O) groups excluding carboxylic acids is 1. The fraction of sp³-hybridized carbons (Fsp3) is 0.133. The number of nitrogens with two attached hydrogens (primary N) is 1.